The summed E-state index contributed by atoms with van der Waals surface area (Å²) in [5, 5.41) is 0. The maximum atomic E-state index is 2.49. The molecule has 0 heterocycles. The molecule has 0 saturated heterocycles. The van der Waals surface area contributed by atoms with E-state index in [0.717, 1.165) is 0 Å². The molecule has 1 aliphatic carbocycles. The van der Waals surface area contributed by atoms with Gasteiger partial charge in [-0.3, -0.25) is 0 Å². The van der Waals surface area contributed by atoms with Gasteiger partial charge in [0.25, 0.3) is 0 Å². The van der Waals surface area contributed by atoms with E-state index in [1.165, 1.54) is 50.5 Å². The zero-order chi connectivity index (χ0) is 13.5. The molecule has 0 unspecified atom stereocenters. The van der Waals surface area contributed by atoms with Gasteiger partial charge in [-0.1, -0.05) is 63.1 Å². The minimum Gasteiger partial charge on any atom is -0.0810 e. The third-order valence-electron chi connectivity index (χ3n) is 3.98. The quantitative estimate of drug-likeness (QED) is 0.571. The number of benzene rings is 1. The molecule has 0 heteroatoms. The smallest absolute Gasteiger partial charge is 0.0222 e. The average Bonchev–Trinajstić information content (AvgIpc) is 2.86. The van der Waals surface area contributed by atoms with Gasteiger partial charge in [-0.15, -0.1) is 0 Å². The van der Waals surface area contributed by atoms with Crippen molar-refractivity contribution in [1.82, 2.24) is 0 Å². The van der Waals surface area contributed by atoms with Gasteiger partial charge in [-0.05, 0) is 54.4 Å². The standard InChI is InChI=1S/C19H26/c1-3-5-10-17-14-15-19(18(17)13-6-4-2)16-11-8-7-9-12-16/h7-12H,3-6,13-15H2,1-2H3/b17-10+. The molecule has 0 aliphatic heterocycles. The van der Waals surface area contributed by atoms with Crippen LogP contribution in [0.3, 0.4) is 0 Å². The van der Waals surface area contributed by atoms with Crippen molar-refractivity contribution in [3.8, 4) is 0 Å². The highest BCUT2D eigenvalue weighted by Gasteiger charge is 2.19. The number of hydrogen-bond donors (Lipinski definition) is 0. The van der Waals surface area contributed by atoms with Crippen LogP contribution in [0.1, 0.15) is 64.4 Å². The van der Waals surface area contributed by atoms with E-state index >= 15 is 0 Å². The van der Waals surface area contributed by atoms with Gasteiger partial charge in [0.05, 0.1) is 0 Å². The second-order valence-corrected chi connectivity index (χ2v) is 5.44. The average molecular weight is 254 g/mol. The first kappa shape index (κ1) is 14.1. The normalized spacial score (nSPS) is 17.5. The Labute approximate surface area is 118 Å². The lowest BCUT2D eigenvalue weighted by molar-refractivity contribution is 0.791. The van der Waals surface area contributed by atoms with Gasteiger partial charge >= 0.3 is 0 Å². The van der Waals surface area contributed by atoms with Crippen molar-refractivity contribution >= 4 is 5.57 Å². The highest BCUT2D eigenvalue weighted by Crippen LogP contribution is 2.40. The summed E-state index contributed by atoms with van der Waals surface area (Å²) < 4.78 is 0. The van der Waals surface area contributed by atoms with E-state index in [2.05, 4.69) is 50.3 Å². The summed E-state index contributed by atoms with van der Waals surface area (Å²) >= 11 is 0. The zero-order valence-corrected chi connectivity index (χ0v) is 12.4. The Bertz CT molecular complexity index is 448. The minimum absolute atomic E-state index is 1.23. The molecule has 102 valence electrons. The highest BCUT2D eigenvalue weighted by atomic mass is 14.2. The third-order valence-corrected chi connectivity index (χ3v) is 3.98. The van der Waals surface area contributed by atoms with Gasteiger partial charge < -0.3 is 0 Å². The second kappa shape index (κ2) is 7.33. The number of hydrogen-bond acceptors (Lipinski definition) is 0. The minimum atomic E-state index is 1.23. The molecule has 0 atom stereocenters. The molecule has 0 bridgehead atoms. The fourth-order valence-corrected chi connectivity index (χ4v) is 2.92. The largest absolute Gasteiger partial charge is 0.0810 e. The molecule has 1 aromatic rings. The third kappa shape index (κ3) is 3.59. The summed E-state index contributed by atoms with van der Waals surface area (Å²) in [7, 11) is 0. The molecule has 19 heavy (non-hydrogen) atoms. The van der Waals surface area contributed by atoms with Crippen LogP contribution in [0.15, 0.2) is 47.6 Å². The van der Waals surface area contributed by atoms with Crippen LogP contribution in [0.4, 0.5) is 0 Å². The van der Waals surface area contributed by atoms with Crippen LogP contribution < -0.4 is 0 Å². The molecule has 0 saturated carbocycles. The molecular weight excluding hydrogens is 228 g/mol. The Morgan fingerprint density at radius 3 is 2.47 bits per heavy atom. The Morgan fingerprint density at radius 2 is 1.79 bits per heavy atom. The van der Waals surface area contributed by atoms with Crippen molar-refractivity contribution in [3.05, 3.63) is 53.1 Å². The van der Waals surface area contributed by atoms with E-state index in [4.69, 9.17) is 0 Å². The van der Waals surface area contributed by atoms with E-state index in [1.54, 1.807) is 16.7 Å². The van der Waals surface area contributed by atoms with Crippen molar-refractivity contribution in [2.75, 3.05) is 0 Å². The molecule has 0 fully saturated rings. The van der Waals surface area contributed by atoms with Crippen LogP contribution in [0, 0.1) is 0 Å². The van der Waals surface area contributed by atoms with Crippen LogP contribution >= 0.6 is 0 Å². The Balaban J connectivity index is 2.29. The lowest BCUT2D eigenvalue weighted by Gasteiger charge is -2.09. The zero-order valence-electron chi connectivity index (χ0n) is 12.4. The molecule has 1 aliphatic rings. The molecular formula is C19H26. The van der Waals surface area contributed by atoms with E-state index in [-0.39, 0.29) is 0 Å². The summed E-state index contributed by atoms with van der Waals surface area (Å²) in [5.74, 6) is 0. The summed E-state index contributed by atoms with van der Waals surface area (Å²) in [6, 6.07) is 11.0. The first-order valence-electron chi connectivity index (χ1n) is 7.83. The van der Waals surface area contributed by atoms with Crippen molar-refractivity contribution in [3.63, 3.8) is 0 Å². The molecule has 2 rings (SSSR count). The summed E-state index contributed by atoms with van der Waals surface area (Å²) in [6.07, 6.45) is 11.3. The predicted molar refractivity (Wildman–Crippen MR) is 85.1 cm³/mol. The maximum Gasteiger partial charge on any atom is -0.0222 e. The maximum absolute atomic E-state index is 2.49. The SMILES string of the molecule is CCC/C=C1\CCC(c2ccccc2)=C1CCCC. The molecule has 0 N–H and O–H groups in total. The Kier molecular flexibility index (Phi) is 5.44. The summed E-state index contributed by atoms with van der Waals surface area (Å²) in [6.45, 7) is 4.55. The van der Waals surface area contributed by atoms with E-state index in [1.807, 2.05) is 0 Å². The first-order valence-corrected chi connectivity index (χ1v) is 7.83. The second-order valence-electron chi connectivity index (χ2n) is 5.44. The van der Waals surface area contributed by atoms with Crippen LogP contribution in [0.25, 0.3) is 5.57 Å². The van der Waals surface area contributed by atoms with Gasteiger partial charge in [-0.2, -0.15) is 0 Å². The Hall–Kier alpha value is -1.30. The van der Waals surface area contributed by atoms with Crippen LogP contribution in [0.5, 0.6) is 0 Å². The number of unbranched alkanes of at least 4 members (excludes halogenated alkanes) is 2. The van der Waals surface area contributed by atoms with Crippen LogP contribution in [-0.4, -0.2) is 0 Å². The Morgan fingerprint density at radius 1 is 1.00 bits per heavy atom. The molecule has 0 spiro atoms. The molecule has 0 amide bonds. The fraction of sp³-hybridized carbons (Fsp3) is 0.474. The lowest BCUT2D eigenvalue weighted by Crippen LogP contribution is -1.88. The summed E-state index contributed by atoms with van der Waals surface area (Å²) in [5.41, 5.74) is 6.33. The summed E-state index contributed by atoms with van der Waals surface area (Å²) in [4.78, 5) is 0. The lowest BCUT2D eigenvalue weighted by atomic mass is 9.96. The molecule has 0 radical (unpaired) electrons. The van der Waals surface area contributed by atoms with Gasteiger partial charge in [0, 0.05) is 0 Å². The monoisotopic (exact) mass is 254 g/mol. The van der Waals surface area contributed by atoms with Crippen molar-refractivity contribution in [2.24, 2.45) is 0 Å². The van der Waals surface area contributed by atoms with E-state index < -0.39 is 0 Å². The topological polar surface area (TPSA) is 0 Å². The van der Waals surface area contributed by atoms with Crippen LogP contribution in [-0.2, 0) is 0 Å². The number of rotatable bonds is 6. The molecule has 1 aromatic carbocycles. The number of allylic oxidation sites excluding steroid dienone is 4. The predicted octanol–water partition coefficient (Wildman–Crippen LogP) is 6.15. The van der Waals surface area contributed by atoms with E-state index in [9.17, 15) is 0 Å². The van der Waals surface area contributed by atoms with Gasteiger partial charge in [-0.25, -0.2) is 0 Å². The molecule has 0 nitrogen and oxygen atoms in total. The van der Waals surface area contributed by atoms with Gasteiger partial charge in [0.1, 0.15) is 0 Å². The van der Waals surface area contributed by atoms with Crippen molar-refractivity contribution in [1.29, 1.82) is 0 Å². The van der Waals surface area contributed by atoms with Crippen LogP contribution in [0.2, 0.25) is 0 Å². The highest BCUT2D eigenvalue weighted by molar-refractivity contribution is 5.75. The van der Waals surface area contributed by atoms with Gasteiger partial charge in [0.15, 0.2) is 0 Å². The fourth-order valence-electron chi connectivity index (χ4n) is 2.92. The molecule has 0 aromatic heterocycles. The van der Waals surface area contributed by atoms with Crippen molar-refractivity contribution in [2.45, 2.75) is 58.8 Å². The van der Waals surface area contributed by atoms with Gasteiger partial charge in [0.2, 0.25) is 0 Å². The first-order chi connectivity index (χ1) is 9.36. The van der Waals surface area contributed by atoms with E-state index in [0.29, 0.717) is 0 Å². The van der Waals surface area contributed by atoms with Crippen molar-refractivity contribution < 1.29 is 0 Å².